The van der Waals surface area contributed by atoms with Crippen LogP contribution in [0.1, 0.15) is 63.2 Å². The van der Waals surface area contributed by atoms with Crippen LogP contribution in [0, 0.1) is 23.5 Å². The Morgan fingerprint density at radius 1 is 1.12 bits per heavy atom. The molecule has 0 spiro atoms. The molecule has 26 heavy (non-hydrogen) atoms. The molecular formula is C20H28F2N2O2. The number of rotatable bonds is 6. The van der Waals surface area contributed by atoms with Gasteiger partial charge >= 0.3 is 0 Å². The van der Waals surface area contributed by atoms with Gasteiger partial charge in [-0.25, -0.2) is 8.78 Å². The van der Waals surface area contributed by atoms with Gasteiger partial charge in [-0.2, -0.15) is 0 Å². The topological polar surface area (TPSA) is 58.2 Å². The summed E-state index contributed by atoms with van der Waals surface area (Å²) in [5.41, 5.74) is -0.658. The highest BCUT2D eigenvalue weighted by Crippen LogP contribution is 2.26. The summed E-state index contributed by atoms with van der Waals surface area (Å²) in [5, 5.41) is 5.48. The van der Waals surface area contributed by atoms with E-state index in [4.69, 9.17) is 0 Å². The summed E-state index contributed by atoms with van der Waals surface area (Å²) >= 11 is 0. The van der Waals surface area contributed by atoms with Crippen molar-refractivity contribution in [2.24, 2.45) is 11.8 Å². The van der Waals surface area contributed by atoms with Gasteiger partial charge in [-0.1, -0.05) is 33.3 Å². The largest absolute Gasteiger partial charge is 0.352 e. The van der Waals surface area contributed by atoms with Gasteiger partial charge in [-0.15, -0.1) is 0 Å². The van der Waals surface area contributed by atoms with E-state index in [-0.39, 0.29) is 17.9 Å². The zero-order valence-corrected chi connectivity index (χ0v) is 15.6. The van der Waals surface area contributed by atoms with Crippen molar-refractivity contribution >= 4 is 11.8 Å². The highest BCUT2D eigenvalue weighted by molar-refractivity contribution is 5.98. The summed E-state index contributed by atoms with van der Waals surface area (Å²) in [7, 11) is 0. The first-order valence-corrected chi connectivity index (χ1v) is 9.38. The van der Waals surface area contributed by atoms with Crippen LogP contribution < -0.4 is 10.6 Å². The van der Waals surface area contributed by atoms with Crippen LogP contribution in [0.5, 0.6) is 0 Å². The Hall–Kier alpha value is -1.98. The summed E-state index contributed by atoms with van der Waals surface area (Å²) in [6.45, 7) is 5.75. The lowest BCUT2D eigenvalue weighted by molar-refractivity contribution is -0.124. The van der Waals surface area contributed by atoms with Crippen LogP contribution in [0.25, 0.3) is 0 Å². The molecule has 1 aliphatic rings. The molecule has 0 aliphatic heterocycles. The van der Waals surface area contributed by atoms with Crippen molar-refractivity contribution in [3.05, 3.63) is 35.4 Å². The maximum atomic E-state index is 13.8. The minimum absolute atomic E-state index is 0.0913. The van der Waals surface area contributed by atoms with Crippen molar-refractivity contribution in [1.29, 1.82) is 0 Å². The number of nitrogens with one attached hydrogen (secondary N) is 2. The van der Waals surface area contributed by atoms with Crippen LogP contribution in [-0.2, 0) is 4.79 Å². The second kappa shape index (κ2) is 9.10. The molecule has 2 amide bonds. The van der Waals surface area contributed by atoms with Crippen molar-refractivity contribution in [1.82, 2.24) is 10.6 Å². The standard InChI is InChI=1S/C20H28F2N2O2/c1-4-13-8-10-14(11-9-13)23-20(26)18(12(2)3)24-19(25)17-15(21)6-5-7-16(17)22/h5-7,12-14,18H,4,8-11H2,1-3H3,(H,23,26)(H,24,25). The number of hydrogen-bond acceptors (Lipinski definition) is 2. The van der Waals surface area contributed by atoms with Crippen LogP contribution in [-0.4, -0.2) is 23.9 Å². The second-order valence-electron chi connectivity index (χ2n) is 7.43. The van der Waals surface area contributed by atoms with E-state index in [1.165, 1.54) is 6.07 Å². The molecule has 1 fully saturated rings. The average molecular weight is 366 g/mol. The molecule has 1 unspecified atom stereocenters. The fraction of sp³-hybridized carbons (Fsp3) is 0.600. The molecule has 2 rings (SSSR count). The Balaban J connectivity index is 2.02. The lowest BCUT2D eigenvalue weighted by atomic mass is 9.84. The highest BCUT2D eigenvalue weighted by Gasteiger charge is 2.29. The van der Waals surface area contributed by atoms with Gasteiger partial charge in [0, 0.05) is 6.04 Å². The monoisotopic (exact) mass is 366 g/mol. The smallest absolute Gasteiger partial charge is 0.257 e. The first-order chi connectivity index (χ1) is 12.3. The maximum Gasteiger partial charge on any atom is 0.257 e. The number of benzene rings is 1. The molecule has 0 bridgehead atoms. The molecule has 0 aromatic heterocycles. The number of amides is 2. The highest BCUT2D eigenvalue weighted by atomic mass is 19.1. The molecule has 1 aliphatic carbocycles. The number of halogens is 2. The third kappa shape index (κ3) is 5.02. The zero-order chi connectivity index (χ0) is 19.3. The number of carbonyl (C=O) groups is 2. The Labute approximate surface area is 153 Å². The Kier molecular flexibility index (Phi) is 7.12. The SMILES string of the molecule is CCC1CCC(NC(=O)C(NC(=O)c2c(F)cccc2F)C(C)C)CC1. The first kappa shape index (κ1) is 20.3. The van der Waals surface area contributed by atoms with Crippen molar-refractivity contribution in [2.75, 3.05) is 0 Å². The summed E-state index contributed by atoms with van der Waals surface area (Å²) in [6, 6.07) is 2.49. The third-order valence-electron chi connectivity index (χ3n) is 5.20. The van der Waals surface area contributed by atoms with Crippen LogP contribution in [0.2, 0.25) is 0 Å². The van der Waals surface area contributed by atoms with Crippen molar-refractivity contribution in [3.8, 4) is 0 Å². The van der Waals surface area contributed by atoms with E-state index < -0.39 is 29.1 Å². The van der Waals surface area contributed by atoms with E-state index in [0.29, 0.717) is 5.92 Å². The summed E-state index contributed by atoms with van der Waals surface area (Å²) in [6.07, 6.45) is 5.16. The fourth-order valence-electron chi connectivity index (χ4n) is 3.47. The molecule has 1 atom stereocenters. The molecule has 1 aromatic rings. The predicted octanol–water partition coefficient (Wildman–Crippen LogP) is 3.80. The molecule has 144 valence electrons. The number of hydrogen-bond donors (Lipinski definition) is 2. The zero-order valence-electron chi connectivity index (χ0n) is 15.6. The van der Waals surface area contributed by atoms with E-state index in [1.807, 2.05) is 0 Å². The molecular weight excluding hydrogens is 338 g/mol. The molecule has 1 saturated carbocycles. The summed E-state index contributed by atoms with van der Waals surface area (Å²) in [4.78, 5) is 24.9. The van der Waals surface area contributed by atoms with Crippen molar-refractivity contribution < 1.29 is 18.4 Å². The van der Waals surface area contributed by atoms with Gasteiger partial charge in [-0.3, -0.25) is 9.59 Å². The third-order valence-corrected chi connectivity index (χ3v) is 5.20. The van der Waals surface area contributed by atoms with E-state index in [0.717, 1.165) is 44.2 Å². The van der Waals surface area contributed by atoms with Gasteiger partial charge < -0.3 is 10.6 Å². The average Bonchev–Trinajstić information content (AvgIpc) is 2.59. The Bertz CT molecular complexity index is 620. The van der Waals surface area contributed by atoms with Gasteiger partial charge in [0.1, 0.15) is 23.2 Å². The molecule has 0 heterocycles. The van der Waals surface area contributed by atoms with E-state index in [2.05, 4.69) is 17.6 Å². The molecule has 0 radical (unpaired) electrons. The second-order valence-corrected chi connectivity index (χ2v) is 7.43. The van der Waals surface area contributed by atoms with E-state index in [9.17, 15) is 18.4 Å². The Morgan fingerprint density at radius 3 is 2.19 bits per heavy atom. The molecule has 2 N–H and O–H groups in total. The normalized spacial score (nSPS) is 21.3. The summed E-state index contributed by atoms with van der Waals surface area (Å²) < 4.78 is 27.6. The number of carbonyl (C=O) groups excluding carboxylic acids is 2. The lowest BCUT2D eigenvalue weighted by Gasteiger charge is -2.30. The van der Waals surface area contributed by atoms with Crippen LogP contribution in [0.15, 0.2) is 18.2 Å². The van der Waals surface area contributed by atoms with Crippen molar-refractivity contribution in [2.45, 2.75) is 65.0 Å². The minimum atomic E-state index is -0.941. The van der Waals surface area contributed by atoms with Gasteiger partial charge in [0.15, 0.2) is 0 Å². The molecule has 1 aromatic carbocycles. The first-order valence-electron chi connectivity index (χ1n) is 9.38. The minimum Gasteiger partial charge on any atom is -0.352 e. The van der Waals surface area contributed by atoms with Crippen LogP contribution >= 0.6 is 0 Å². The summed E-state index contributed by atoms with van der Waals surface area (Å²) in [5.74, 6) is -2.59. The van der Waals surface area contributed by atoms with Crippen molar-refractivity contribution in [3.63, 3.8) is 0 Å². The molecule has 0 saturated heterocycles. The fourth-order valence-corrected chi connectivity index (χ4v) is 3.47. The van der Waals surface area contributed by atoms with Crippen LogP contribution in [0.4, 0.5) is 8.78 Å². The molecule has 4 nitrogen and oxygen atoms in total. The van der Waals surface area contributed by atoms with E-state index in [1.54, 1.807) is 13.8 Å². The quantitative estimate of drug-likeness (QED) is 0.804. The van der Waals surface area contributed by atoms with E-state index >= 15 is 0 Å². The molecule has 6 heteroatoms. The van der Waals surface area contributed by atoms with Gasteiger partial charge in [0.2, 0.25) is 5.91 Å². The predicted molar refractivity (Wildman–Crippen MR) is 96.6 cm³/mol. The van der Waals surface area contributed by atoms with Gasteiger partial charge in [0.05, 0.1) is 0 Å². The Morgan fingerprint density at radius 2 is 1.69 bits per heavy atom. The maximum absolute atomic E-state index is 13.8. The van der Waals surface area contributed by atoms with Gasteiger partial charge in [-0.05, 0) is 49.7 Å². The lowest BCUT2D eigenvalue weighted by Crippen LogP contribution is -2.52. The van der Waals surface area contributed by atoms with Crippen LogP contribution in [0.3, 0.4) is 0 Å². The van der Waals surface area contributed by atoms with Gasteiger partial charge in [0.25, 0.3) is 5.91 Å².